The number of benzene rings is 2. The number of carbonyl (C=O) groups is 1. The van der Waals surface area contributed by atoms with E-state index in [-0.39, 0.29) is 5.91 Å². The van der Waals surface area contributed by atoms with Crippen molar-refractivity contribution < 1.29 is 14.3 Å². The molecule has 6 nitrogen and oxygen atoms in total. The van der Waals surface area contributed by atoms with Gasteiger partial charge in [-0.05, 0) is 61.7 Å². The molecule has 0 fully saturated rings. The Kier molecular flexibility index (Phi) is 6.44. The summed E-state index contributed by atoms with van der Waals surface area (Å²) in [6, 6.07) is 13.1. The maximum Gasteiger partial charge on any atom is 0.266 e. The van der Waals surface area contributed by atoms with Gasteiger partial charge in [-0.15, -0.1) is 0 Å². The van der Waals surface area contributed by atoms with Crippen LogP contribution in [0.1, 0.15) is 23.6 Å². The first kappa shape index (κ1) is 20.7. The largest absolute Gasteiger partial charge is 0.497 e. The Morgan fingerprint density at radius 1 is 1.14 bits per heavy atom. The molecular formula is C22H24ClN3O3. The molecule has 1 aromatic heterocycles. The van der Waals surface area contributed by atoms with Crippen LogP contribution >= 0.6 is 11.6 Å². The first-order chi connectivity index (χ1) is 13.9. The number of hydrogen-bond acceptors (Lipinski definition) is 4. The lowest BCUT2D eigenvalue weighted by Crippen LogP contribution is -2.31. The average molecular weight is 414 g/mol. The fourth-order valence-electron chi connectivity index (χ4n) is 2.93. The van der Waals surface area contributed by atoms with E-state index in [4.69, 9.17) is 21.1 Å². The Balaban J connectivity index is 1.65. The molecule has 0 aliphatic heterocycles. The molecule has 0 aliphatic rings. The van der Waals surface area contributed by atoms with Crippen molar-refractivity contribution in [3.05, 3.63) is 70.4 Å². The van der Waals surface area contributed by atoms with Crippen LogP contribution in [0.2, 0.25) is 5.02 Å². The lowest BCUT2D eigenvalue weighted by molar-refractivity contribution is -0.122. The fourth-order valence-corrected chi connectivity index (χ4v) is 3.04. The third-order valence-electron chi connectivity index (χ3n) is 4.55. The second-order valence-corrected chi connectivity index (χ2v) is 7.22. The number of halogens is 1. The van der Waals surface area contributed by atoms with Gasteiger partial charge in [0.15, 0.2) is 6.10 Å². The summed E-state index contributed by atoms with van der Waals surface area (Å²) in [5.41, 5.74) is 2.86. The van der Waals surface area contributed by atoms with Crippen LogP contribution < -0.4 is 14.8 Å². The number of carbonyl (C=O) groups excluding carboxylic acids is 1. The van der Waals surface area contributed by atoms with Gasteiger partial charge in [0.25, 0.3) is 5.91 Å². The molecule has 0 saturated carbocycles. The number of aryl methyl sites for hydroxylation is 2. The van der Waals surface area contributed by atoms with Crippen LogP contribution in [0.25, 0.3) is 0 Å². The number of nitrogens with one attached hydrogen (secondary N) is 1. The number of rotatable bonds is 7. The highest BCUT2D eigenvalue weighted by molar-refractivity contribution is 6.32. The van der Waals surface area contributed by atoms with E-state index in [1.54, 1.807) is 31.0 Å². The SMILES string of the molecule is COc1ccc(Cn2nccc2NC(=O)C(C)Oc2cc(C)c(Cl)c(C)c2)cc1. The molecule has 0 saturated heterocycles. The van der Waals surface area contributed by atoms with Crippen molar-refractivity contribution in [2.75, 3.05) is 12.4 Å². The lowest BCUT2D eigenvalue weighted by Gasteiger charge is -2.17. The Morgan fingerprint density at radius 2 is 1.79 bits per heavy atom. The van der Waals surface area contributed by atoms with Crippen molar-refractivity contribution >= 4 is 23.3 Å². The van der Waals surface area contributed by atoms with Crippen molar-refractivity contribution in [3.63, 3.8) is 0 Å². The number of nitrogens with zero attached hydrogens (tertiary/aromatic N) is 2. The van der Waals surface area contributed by atoms with Crippen LogP contribution in [0.3, 0.4) is 0 Å². The highest BCUT2D eigenvalue weighted by Crippen LogP contribution is 2.26. The summed E-state index contributed by atoms with van der Waals surface area (Å²) in [5, 5.41) is 7.88. The molecule has 0 radical (unpaired) electrons. The van der Waals surface area contributed by atoms with E-state index in [0.717, 1.165) is 22.4 Å². The second kappa shape index (κ2) is 9.01. The minimum atomic E-state index is -0.681. The van der Waals surface area contributed by atoms with Crippen LogP contribution in [0.15, 0.2) is 48.7 Å². The zero-order valence-corrected chi connectivity index (χ0v) is 17.7. The van der Waals surface area contributed by atoms with E-state index >= 15 is 0 Å². The van der Waals surface area contributed by atoms with E-state index in [0.29, 0.717) is 23.1 Å². The Hall–Kier alpha value is -2.99. The molecule has 152 valence electrons. The third-order valence-corrected chi connectivity index (χ3v) is 5.15. The maximum atomic E-state index is 12.6. The molecule has 1 amide bonds. The van der Waals surface area contributed by atoms with Crippen LogP contribution in [-0.4, -0.2) is 28.9 Å². The van der Waals surface area contributed by atoms with Crippen molar-refractivity contribution in [2.45, 2.75) is 33.4 Å². The molecule has 1 atom stereocenters. The third kappa shape index (κ3) is 5.09. The van der Waals surface area contributed by atoms with Gasteiger partial charge in [0.2, 0.25) is 0 Å². The summed E-state index contributed by atoms with van der Waals surface area (Å²) < 4.78 is 12.7. The summed E-state index contributed by atoms with van der Waals surface area (Å²) in [4.78, 5) is 12.6. The second-order valence-electron chi connectivity index (χ2n) is 6.84. The maximum absolute atomic E-state index is 12.6. The molecule has 0 bridgehead atoms. The first-order valence-electron chi connectivity index (χ1n) is 9.26. The summed E-state index contributed by atoms with van der Waals surface area (Å²) in [5.74, 6) is 1.75. The van der Waals surface area contributed by atoms with Gasteiger partial charge in [-0.25, -0.2) is 4.68 Å². The van der Waals surface area contributed by atoms with E-state index in [9.17, 15) is 4.79 Å². The lowest BCUT2D eigenvalue weighted by atomic mass is 10.1. The number of hydrogen-bond donors (Lipinski definition) is 1. The highest BCUT2D eigenvalue weighted by Gasteiger charge is 2.17. The van der Waals surface area contributed by atoms with Crippen molar-refractivity contribution in [1.29, 1.82) is 0 Å². The molecule has 1 unspecified atom stereocenters. The Bertz CT molecular complexity index is 976. The fraction of sp³-hybridized carbons (Fsp3) is 0.273. The van der Waals surface area contributed by atoms with Crippen LogP contribution in [0.4, 0.5) is 5.82 Å². The minimum absolute atomic E-state index is 0.258. The molecule has 2 aromatic carbocycles. The number of ether oxygens (including phenoxy) is 2. The van der Waals surface area contributed by atoms with Crippen LogP contribution in [0, 0.1) is 13.8 Å². The summed E-state index contributed by atoms with van der Waals surface area (Å²) in [6.07, 6.45) is 0.968. The predicted molar refractivity (Wildman–Crippen MR) is 114 cm³/mol. The number of aromatic nitrogens is 2. The van der Waals surface area contributed by atoms with Crippen molar-refractivity contribution in [3.8, 4) is 11.5 Å². The van der Waals surface area contributed by atoms with Gasteiger partial charge in [-0.2, -0.15) is 5.10 Å². The van der Waals surface area contributed by atoms with Gasteiger partial charge >= 0.3 is 0 Å². The van der Waals surface area contributed by atoms with E-state index < -0.39 is 6.10 Å². The van der Waals surface area contributed by atoms with Crippen molar-refractivity contribution in [2.24, 2.45) is 0 Å². The minimum Gasteiger partial charge on any atom is -0.497 e. The Labute approximate surface area is 175 Å². The van der Waals surface area contributed by atoms with E-state index in [1.807, 2.05) is 50.2 Å². The topological polar surface area (TPSA) is 65.4 Å². The average Bonchev–Trinajstić information content (AvgIpc) is 3.13. The van der Waals surface area contributed by atoms with Crippen molar-refractivity contribution in [1.82, 2.24) is 9.78 Å². The van der Waals surface area contributed by atoms with Gasteiger partial charge in [0.05, 0.1) is 19.9 Å². The summed E-state index contributed by atoms with van der Waals surface area (Å²) in [6.45, 7) is 6.05. The number of anilines is 1. The van der Waals surface area contributed by atoms with Crippen LogP contribution in [-0.2, 0) is 11.3 Å². The molecule has 1 heterocycles. The first-order valence-corrected chi connectivity index (χ1v) is 9.64. The molecule has 7 heteroatoms. The van der Waals surface area contributed by atoms with Gasteiger partial charge in [-0.1, -0.05) is 23.7 Å². The molecular weight excluding hydrogens is 390 g/mol. The van der Waals surface area contributed by atoms with Gasteiger partial charge in [-0.3, -0.25) is 4.79 Å². The predicted octanol–water partition coefficient (Wildman–Crippen LogP) is 4.62. The van der Waals surface area contributed by atoms with E-state index in [1.165, 1.54) is 0 Å². The van der Waals surface area contributed by atoms with Gasteiger partial charge in [0, 0.05) is 11.1 Å². The monoisotopic (exact) mass is 413 g/mol. The molecule has 29 heavy (non-hydrogen) atoms. The molecule has 0 spiro atoms. The van der Waals surface area contributed by atoms with Gasteiger partial charge < -0.3 is 14.8 Å². The summed E-state index contributed by atoms with van der Waals surface area (Å²) in [7, 11) is 1.63. The molecule has 0 aliphatic carbocycles. The number of amides is 1. The number of methoxy groups -OCH3 is 1. The Morgan fingerprint density at radius 3 is 2.41 bits per heavy atom. The molecule has 3 aromatic rings. The normalized spacial score (nSPS) is 11.8. The highest BCUT2D eigenvalue weighted by atomic mass is 35.5. The van der Waals surface area contributed by atoms with E-state index in [2.05, 4.69) is 10.4 Å². The standard InChI is InChI=1S/C22H24ClN3O3/c1-14-11-19(12-15(2)21(14)23)29-16(3)22(27)25-20-9-10-24-26(20)13-17-5-7-18(28-4)8-6-17/h5-12,16H,13H2,1-4H3,(H,25,27). The quantitative estimate of drug-likeness (QED) is 0.614. The smallest absolute Gasteiger partial charge is 0.266 e. The summed E-state index contributed by atoms with van der Waals surface area (Å²) >= 11 is 6.19. The molecule has 3 rings (SSSR count). The van der Waals surface area contributed by atoms with Crippen LogP contribution in [0.5, 0.6) is 11.5 Å². The van der Waals surface area contributed by atoms with Gasteiger partial charge in [0.1, 0.15) is 17.3 Å². The molecule has 1 N–H and O–H groups in total. The zero-order valence-electron chi connectivity index (χ0n) is 16.9. The zero-order chi connectivity index (χ0) is 21.0.